The molecule has 114 valence electrons. The monoisotopic (exact) mass is 269 g/mol. The summed E-state index contributed by atoms with van der Waals surface area (Å²) in [5, 5.41) is 3.77. The van der Waals surface area contributed by atoms with Crippen molar-refractivity contribution in [2.75, 3.05) is 39.3 Å². The van der Waals surface area contributed by atoms with E-state index in [0.29, 0.717) is 6.04 Å². The van der Waals surface area contributed by atoms with E-state index in [4.69, 9.17) is 0 Å². The summed E-state index contributed by atoms with van der Waals surface area (Å²) in [7, 11) is 0. The average molecular weight is 269 g/mol. The Kier molecular flexibility index (Phi) is 8.67. The van der Waals surface area contributed by atoms with Gasteiger partial charge in [-0.1, -0.05) is 13.8 Å². The van der Waals surface area contributed by atoms with E-state index in [0.717, 1.165) is 6.04 Å². The van der Waals surface area contributed by atoms with Crippen LogP contribution in [-0.2, 0) is 0 Å². The highest BCUT2D eigenvalue weighted by Gasteiger charge is 2.17. The van der Waals surface area contributed by atoms with Crippen LogP contribution in [0.4, 0.5) is 0 Å². The summed E-state index contributed by atoms with van der Waals surface area (Å²) >= 11 is 0. The van der Waals surface area contributed by atoms with Gasteiger partial charge < -0.3 is 15.1 Å². The molecule has 3 nitrogen and oxygen atoms in total. The maximum absolute atomic E-state index is 3.77. The Balaban J connectivity index is 2.13. The molecule has 1 saturated heterocycles. The second kappa shape index (κ2) is 9.73. The van der Waals surface area contributed by atoms with Gasteiger partial charge in [0.25, 0.3) is 0 Å². The normalized spacial score (nSPS) is 22.1. The molecule has 1 unspecified atom stereocenters. The lowest BCUT2D eigenvalue weighted by Crippen LogP contribution is -2.35. The van der Waals surface area contributed by atoms with Crippen LogP contribution < -0.4 is 5.32 Å². The molecule has 19 heavy (non-hydrogen) atoms. The van der Waals surface area contributed by atoms with Crippen molar-refractivity contribution < 1.29 is 0 Å². The van der Waals surface area contributed by atoms with Gasteiger partial charge in [0.1, 0.15) is 0 Å². The van der Waals surface area contributed by atoms with Crippen LogP contribution >= 0.6 is 0 Å². The first kappa shape index (κ1) is 16.9. The maximum atomic E-state index is 3.77. The minimum absolute atomic E-state index is 0.710. The van der Waals surface area contributed by atoms with Gasteiger partial charge in [0.05, 0.1) is 0 Å². The van der Waals surface area contributed by atoms with Crippen molar-refractivity contribution in [2.24, 2.45) is 0 Å². The highest BCUT2D eigenvalue weighted by atomic mass is 15.2. The van der Waals surface area contributed by atoms with Crippen molar-refractivity contribution in [2.45, 2.75) is 65.5 Å². The second-order valence-corrected chi connectivity index (χ2v) is 6.09. The molecule has 1 fully saturated rings. The molecule has 0 aromatic carbocycles. The van der Waals surface area contributed by atoms with E-state index in [2.05, 4.69) is 42.8 Å². The molecular formula is C16H35N3. The predicted octanol–water partition coefficient (Wildman–Crippen LogP) is 2.57. The summed E-state index contributed by atoms with van der Waals surface area (Å²) in [5.41, 5.74) is 0. The van der Waals surface area contributed by atoms with E-state index in [1.807, 2.05) is 0 Å². The molecule has 1 aliphatic heterocycles. The van der Waals surface area contributed by atoms with Crippen molar-refractivity contribution in [1.29, 1.82) is 0 Å². The molecule has 0 saturated carbocycles. The van der Waals surface area contributed by atoms with Crippen LogP contribution in [0.2, 0.25) is 0 Å². The quantitative estimate of drug-likeness (QED) is 0.683. The molecule has 0 radical (unpaired) electrons. The summed E-state index contributed by atoms with van der Waals surface area (Å²) in [6, 6.07) is 1.46. The number of rotatable bonds is 8. The van der Waals surface area contributed by atoms with E-state index >= 15 is 0 Å². The minimum Gasteiger partial charge on any atom is -0.314 e. The number of nitrogens with zero attached hydrogens (tertiary/aromatic N) is 2. The second-order valence-electron chi connectivity index (χ2n) is 6.09. The van der Waals surface area contributed by atoms with Crippen molar-refractivity contribution in [1.82, 2.24) is 15.1 Å². The standard InChI is InChI=1S/C16H35N3/c1-5-18(6-2)12-8-11-17-16-9-7-13-19(14-10-16)15(3)4/h15-17H,5-14H2,1-4H3. The first-order valence-electron chi connectivity index (χ1n) is 8.37. The van der Waals surface area contributed by atoms with Crippen LogP contribution in [0.1, 0.15) is 53.4 Å². The summed E-state index contributed by atoms with van der Waals surface area (Å²) in [4.78, 5) is 5.13. The summed E-state index contributed by atoms with van der Waals surface area (Å²) in [6.07, 6.45) is 5.32. The Morgan fingerprint density at radius 3 is 2.53 bits per heavy atom. The lowest BCUT2D eigenvalue weighted by molar-refractivity contribution is 0.228. The zero-order valence-electron chi connectivity index (χ0n) is 13.6. The summed E-state index contributed by atoms with van der Waals surface area (Å²) in [5.74, 6) is 0. The molecule has 0 amide bonds. The zero-order chi connectivity index (χ0) is 14.1. The average Bonchev–Trinajstić information content (AvgIpc) is 2.64. The summed E-state index contributed by atoms with van der Waals surface area (Å²) < 4.78 is 0. The van der Waals surface area contributed by atoms with Gasteiger partial charge in [0, 0.05) is 12.1 Å². The van der Waals surface area contributed by atoms with Crippen LogP contribution in [0.15, 0.2) is 0 Å². The topological polar surface area (TPSA) is 18.5 Å². The van der Waals surface area contributed by atoms with Gasteiger partial charge in [-0.2, -0.15) is 0 Å². The number of hydrogen-bond acceptors (Lipinski definition) is 3. The maximum Gasteiger partial charge on any atom is 0.00797 e. The van der Waals surface area contributed by atoms with E-state index in [-0.39, 0.29) is 0 Å². The molecule has 1 aliphatic rings. The molecule has 1 atom stereocenters. The van der Waals surface area contributed by atoms with E-state index in [1.54, 1.807) is 0 Å². The number of nitrogens with one attached hydrogen (secondary N) is 1. The molecule has 3 heteroatoms. The van der Waals surface area contributed by atoms with Crippen molar-refractivity contribution in [3.05, 3.63) is 0 Å². The van der Waals surface area contributed by atoms with E-state index in [9.17, 15) is 0 Å². The van der Waals surface area contributed by atoms with Crippen LogP contribution in [0.3, 0.4) is 0 Å². The lowest BCUT2D eigenvalue weighted by atomic mass is 10.1. The Hall–Kier alpha value is -0.120. The van der Waals surface area contributed by atoms with E-state index < -0.39 is 0 Å². The van der Waals surface area contributed by atoms with Gasteiger partial charge in [-0.15, -0.1) is 0 Å². The van der Waals surface area contributed by atoms with Crippen LogP contribution in [0.25, 0.3) is 0 Å². The van der Waals surface area contributed by atoms with Gasteiger partial charge in [-0.3, -0.25) is 0 Å². The highest BCUT2D eigenvalue weighted by molar-refractivity contribution is 4.76. The fourth-order valence-corrected chi connectivity index (χ4v) is 2.99. The first-order valence-corrected chi connectivity index (χ1v) is 8.37. The van der Waals surface area contributed by atoms with Crippen molar-refractivity contribution in [3.8, 4) is 0 Å². The predicted molar refractivity (Wildman–Crippen MR) is 84.8 cm³/mol. The fourth-order valence-electron chi connectivity index (χ4n) is 2.99. The SMILES string of the molecule is CCN(CC)CCCNC1CCCN(C(C)C)CC1. The molecule has 0 aliphatic carbocycles. The Bertz CT molecular complexity index is 214. The van der Waals surface area contributed by atoms with E-state index in [1.165, 1.54) is 65.0 Å². The third-order valence-electron chi connectivity index (χ3n) is 4.47. The number of hydrogen-bond donors (Lipinski definition) is 1. The largest absolute Gasteiger partial charge is 0.314 e. The molecule has 1 heterocycles. The van der Waals surface area contributed by atoms with Crippen molar-refractivity contribution in [3.63, 3.8) is 0 Å². The van der Waals surface area contributed by atoms with Gasteiger partial charge in [-0.25, -0.2) is 0 Å². The van der Waals surface area contributed by atoms with Gasteiger partial charge in [-0.05, 0) is 78.8 Å². The Morgan fingerprint density at radius 1 is 1.16 bits per heavy atom. The summed E-state index contributed by atoms with van der Waals surface area (Å²) in [6.45, 7) is 16.5. The Morgan fingerprint density at radius 2 is 1.89 bits per heavy atom. The van der Waals surface area contributed by atoms with Gasteiger partial charge in [0.15, 0.2) is 0 Å². The minimum atomic E-state index is 0.710. The smallest absolute Gasteiger partial charge is 0.00797 e. The molecule has 1 N–H and O–H groups in total. The Labute approximate surface area is 120 Å². The van der Waals surface area contributed by atoms with Crippen LogP contribution in [0.5, 0.6) is 0 Å². The molecule has 0 aromatic rings. The van der Waals surface area contributed by atoms with Crippen LogP contribution in [-0.4, -0.2) is 61.2 Å². The molecule has 0 bridgehead atoms. The lowest BCUT2D eigenvalue weighted by Gasteiger charge is -2.24. The fraction of sp³-hybridized carbons (Fsp3) is 1.00. The molecule has 0 spiro atoms. The third-order valence-corrected chi connectivity index (χ3v) is 4.47. The third kappa shape index (κ3) is 6.73. The molecule has 0 aromatic heterocycles. The highest BCUT2D eigenvalue weighted by Crippen LogP contribution is 2.13. The number of likely N-dealkylation sites (tertiary alicyclic amines) is 1. The van der Waals surface area contributed by atoms with Crippen LogP contribution in [0, 0.1) is 0 Å². The molecular weight excluding hydrogens is 234 g/mol. The zero-order valence-corrected chi connectivity index (χ0v) is 13.6. The van der Waals surface area contributed by atoms with Gasteiger partial charge in [0.2, 0.25) is 0 Å². The first-order chi connectivity index (χ1) is 9.17. The van der Waals surface area contributed by atoms with Gasteiger partial charge >= 0.3 is 0 Å². The molecule has 1 rings (SSSR count). The van der Waals surface area contributed by atoms with Crippen molar-refractivity contribution >= 4 is 0 Å².